The van der Waals surface area contributed by atoms with E-state index in [1.807, 2.05) is 35.6 Å². The molecule has 7 aromatic carbocycles. The summed E-state index contributed by atoms with van der Waals surface area (Å²) < 4.78 is 15.5. The standard InChI is InChI=1S/C45H29N3O2S/c1-2-9-26(10-3-1)43-46-44(29-19-22-41-36(23-29)33-12-5-7-16-40(33)51-41)48-45(47-43)35-14-8-13-34-32-21-18-28(25-39(32)50-42(34)35)27-17-20-31-30-11-4-6-15-37(30)49-38(31)24-27/h1-25,44-45,48H,(H,46,47). The second-order valence-corrected chi connectivity index (χ2v) is 14.3. The van der Waals surface area contributed by atoms with Crippen molar-refractivity contribution in [2.45, 2.75) is 12.3 Å². The Hall–Kier alpha value is -6.21. The smallest absolute Gasteiger partial charge is 0.142 e. The van der Waals surface area contributed by atoms with Crippen LogP contribution in [-0.4, -0.2) is 5.84 Å². The number of furan rings is 2. The van der Waals surface area contributed by atoms with Gasteiger partial charge < -0.3 is 14.2 Å². The summed E-state index contributed by atoms with van der Waals surface area (Å²) in [6.45, 7) is 0. The summed E-state index contributed by atoms with van der Waals surface area (Å²) in [7, 11) is 0. The molecule has 0 saturated heterocycles. The zero-order valence-electron chi connectivity index (χ0n) is 27.3. The van der Waals surface area contributed by atoms with E-state index in [0.717, 1.165) is 77.5 Å². The van der Waals surface area contributed by atoms with Gasteiger partial charge in [-0.05, 0) is 65.2 Å². The van der Waals surface area contributed by atoms with E-state index >= 15 is 0 Å². The number of nitrogens with zero attached hydrogens (tertiary/aromatic N) is 1. The van der Waals surface area contributed by atoms with Crippen molar-refractivity contribution in [2.24, 2.45) is 4.99 Å². The molecule has 0 spiro atoms. The number of aliphatic imine (C=N–C) groups is 1. The third-order valence-electron chi connectivity index (χ3n) is 10.2. The van der Waals surface area contributed by atoms with Crippen molar-refractivity contribution in [3.8, 4) is 11.1 Å². The Kier molecular flexibility index (Phi) is 6.26. The predicted octanol–water partition coefficient (Wildman–Crippen LogP) is 11.9. The number of amidine groups is 1. The number of rotatable bonds is 4. The van der Waals surface area contributed by atoms with Crippen LogP contribution in [0.1, 0.15) is 29.0 Å². The van der Waals surface area contributed by atoms with Crippen LogP contribution in [0.15, 0.2) is 165 Å². The van der Waals surface area contributed by atoms with Crippen molar-refractivity contribution >= 4 is 81.2 Å². The molecule has 5 nitrogen and oxygen atoms in total. The van der Waals surface area contributed by atoms with Crippen LogP contribution in [0.25, 0.3) is 75.2 Å². The van der Waals surface area contributed by atoms with Crippen molar-refractivity contribution in [1.29, 1.82) is 0 Å². The van der Waals surface area contributed by atoms with Gasteiger partial charge >= 0.3 is 0 Å². The maximum Gasteiger partial charge on any atom is 0.142 e. The molecule has 51 heavy (non-hydrogen) atoms. The minimum Gasteiger partial charge on any atom is -0.456 e. The van der Waals surface area contributed by atoms with Crippen LogP contribution >= 0.6 is 11.3 Å². The van der Waals surface area contributed by atoms with E-state index in [1.54, 1.807) is 0 Å². The van der Waals surface area contributed by atoms with E-state index in [0.29, 0.717) is 0 Å². The Morgan fingerprint density at radius 1 is 0.490 bits per heavy atom. The van der Waals surface area contributed by atoms with Gasteiger partial charge in [0.2, 0.25) is 0 Å². The van der Waals surface area contributed by atoms with Crippen LogP contribution in [0.5, 0.6) is 0 Å². The summed E-state index contributed by atoms with van der Waals surface area (Å²) in [5, 5.41) is 14.5. The lowest BCUT2D eigenvalue weighted by atomic mass is 10.0. The van der Waals surface area contributed by atoms with Crippen molar-refractivity contribution in [2.75, 3.05) is 0 Å². The summed E-state index contributed by atoms with van der Waals surface area (Å²) in [4.78, 5) is 5.23. The molecule has 1 aliphatic rings. The minimum absolute atomic E-state index is 0.253. The first-order valence-corrected chi connectivity index (χ1v) is 18.0. The first-order valence-electron chi connectivity index (χ1n) is 17.2. The van der Waals surface area contributed by atoms with Crippen LogP contribution in [0.3, 0.4) is 0 Å². The zero-order valence-corrected chi connectivity index (χ0v) is 28.1. The van der Waals surface area contributed by atoms with E-state index in [-0.39, 0.29) is 12.3 Å². The number of hydrogen-bond acceptors (Lipinski definition) is 6. The fourth-order valence-corrected chi connectivity index (χ4v) is 8.76. The molecule has 0 fully saturated rings. The number of fused-ring (bicyclic) bond motifs is 9. The van der Waals surface area contributed by atoms with Crippen molar-refractivity contribution in [3.63, 3.8) is 0 Å². The van der Waals surface area contributed by atoms with Gasteiger partial charge in [-0.2, -0.15) is 0 Å². The molecule has 6 heteroatoms. The van der Waals surface area contributed by atoms with E-state index in [4.69, 9.17) is 13.8 Å². The second-order valence-electron chi connectivity index (χ2n) is 13.2. The lowest BCUT2D eigenvalue weighted by molar-refractivity contribution is 0.408. The highest BCUT2D eigenvalue weighted by Gasteiger charge is 2.28. The van der Waals surface area contributed by atoms with Gasteiger partial charge in [0.1, 0.15) is 40.5 Å². The fourth-order valence-electron chi connectivity index (χ4n) is 7.68. The lowest BCUT2D eigenvalue weighted by Gasteiger charge is -2.32. The molecule has 242 valence electrons. The minimum atomic E-state index is -0.270. The van der Waals surface area contributed by atoms with Gasteiger partial charge in [0, 0.05) is 52.8 Å². The number of nitrogens with one attached hydrogen (secondary N) is 2. The molecule has 0 bridgehead atoms. The van der Waals surface area contributed by atoms with Gasteiger partial charge in [0.25, 0.3) is 0 Å². The van der Waals surface area contributed by atoms with Gasteiger partial charge in [-0.1, -0.05) is 103 Å². The second kappa shape index (κ2) is 11.2. The lowest BCUT2D eigenvalue weighted by Crippen LogP contribution is -2.45. The Morgan fingerprint density at radius 3 is 2.04 bits per heavy atom. The molecule has 0 aliphatic carbocycles. The zero-order chi connectivity index (χ0) is 33.5. The Bertz CT molecular complexity index is 3010. The number of para-hydroxylation sites is 2. The van der Waals surface area contributed by atoms with Gasteiger partial charge in [-0.3, -0.25) is 5.32 Å². The Labute approximate surface area is 296 Å². The van der Waals surface area contributed by atoms with Gasteiger partial charge in [0.15, 0.2) is 0 Å². The summed E-state index contributed by atoms with van der Waals surface area (Å²) in [6, 6.07) is 53.2. The van der Waals surface area contributed by atoms with Gasteiger partial charge in [0.05, 0.1) is 0 Å². The molecule has 1 aliphatic heterocycles. The fraction of sp³-hybridized carbons (Fsp3) is 0.0444. The third kappa shape index (κ3) is 4.61. The van der Waals surface area contributed by atoms with Crippen LogP contribution in [0.2, 0.25) is 0 Å². The Morgan fingerprint density at radius 2 is 1.18 bits per heavy atom. The molecule has 0 radical (unpaired) electrons. The Balaban J connectivity index is 1.01. The van der Waals surface area contributed by atoms with E-state index in [2.05, 4.69) is 138 Å². The third-order valence-corrected chi connectivity index (χ3v) is 11.3. The quantitative estimate of drug-likeness (QED) is 0.195. The molecular formula is C45H29N3O2S. The predicted molar refractivity (Wildman–Crippen MR) is 210 cm³/mol. The molecule has 4 heterocycles. The van der Waals surface area contributed by atoms with Crippen LogP contribution in [0.4, 0.5) is 0 Å². The van der Waals surface area contributed by atoms with Crippen LogP contribution in [0, 0.1) is 0 Å². The monoisotopic (exact) mass is 675 g/mol. The molecule has 10 aromatic rings. The van der Waals surface area contributed by atoms with Crippen LogP contribution < -0.4 is 10.6 Å². The molecular weight excluding hydrogens is 647 g/mol. The summed E-state index contributed by atoms with van der Waals surface area (Å²) >= 11 is 1.83. The average Bonchev–Trinajstić information content (AvgIpc) is 3.88. The van der Waals surface area contributed by atoms with E-state index in [1.165, 1.54) is 20.2 Å². The molecule has 2 unspecified atom stereocenters. The summed E-state index contributed by atoms with van der Waals surface area (Å²) in [6.07, 6.45) is -0.522. The highest BCUT2D eigenvalue weighted by Crippen LogP contribution is 2.39. The van der Waals surface area contributed by atoms with Crippen molar-refractivity contribution in [3.05, 3.63) is 168 Å². The number of hydrogen-bond donors (Lipinski definition) is 2. The molecule has 0 saturated carbocycles. The largest absolute Gasteiger partial charge is 0.456 e. The molecule has 0 amide bonds. The first-order chi connectivity index (χ1) is 25.2. The highest BCUT2D eigenvalue weighted by atomic mass is 32.1. The normalized spacial score (nSPS) is 16.4. The molecule has 11 rings (SSSR count). The van der Waals surface area contributed by atoms with Crippen LogP contribution in [-0.2, 0) is 0 Å². The van der Waals surface area contributed by atoms with Gasteiger partial charge in [-0.15, -0.1) is 11.3 Å². The topological polar surface area (TPSA) is 62.7 Å². The van der Waals surface area contributed by atoms with Gasteiger partial charge in [-0.25, -0.2) is 4.99 Å². The summed E-state index contributed by atoms with van der Waals surface area (Å²) in [5.41, 5.74) is 8.84. The SMILES string of the molecule is c1ccc(C2=NC(c3ccc4sc5ccccc5c4c3)NC(c3cccc4c3oc3cc(-c5ccc6c(c5)oc5ccccc56)ccc34)N2)cc1. The first kappa shape index (κ1) is 28.6. The van der Waals surface area contributed by atoms with E-state index < -0.39 is 0 Å². The molecule has 2 N–H and O–H groups in total. The van der Waals surface area contributed by atoms with Crippen molar-refractivity contribution < 1.29 is 8.83 Å². The number of thiophene rings is 1. The molecule has 2 atom stereocenters. The average molecular weight is 676 g/mol. The summed E-state index contributed by atoms with van der Waals surface area (Å²) in [5.74, 6) is 0.844. The van der Waals surface area contributed by atoms with Crippen molar-refractivity contribution in [1.82, 2.24) is 10.6 Å². The highest BCUT2D eigenvalue weighted by molar-refractivity contribution is 7.25. The maximum absolute atomic E-state index is 6.77. The number of benzene rings is 7. The molecule has 3 aromatic heterocycles. The maximum atomic E-state index is 6.77. The van der Waals surface area contributed by atoms with E-state index in [9.17, 15) is 0 Å².